The molecule has 0 fully saturated rings. The van der Waals surface area contributed by atoms with E-state index in [-0.39, 0.29) is 17.5 Å². The van der Waals surface area contributed by atoms with Crippen molar-refractivity contribution in [3.63, 3.8) is 0 Å². The van der Waals surface area contributed by atoms with E-state index in [2.05, 4.69) is 20.3 Å². The second-order valence-corrected chi connectivity index (χ2v) is 5.02. The molecule has 0 aliphatic carbocycles. The van der Waals surface area contributed by atoms with Gasteiger partial charge in [-0.1, -0.05) is 0 Å². The Kier molecular flexibility index (Phi) is 5.35. The molecule has 3 N–H and O–H groups in total. The summed E-state index contributed by atoms with van der Waals surface area (Å²) in [6.45, 7) is -0.218. The number of aromatic nitrogens is 3. The molecule has 0 unspecified atom stereocenters. The molecule has 0 aliphatic rings. The molecular formula is C14H13F4N6O. The van der Waals surface area contributed by atoms with Crippen LogP contribution in [-0.2, 0) is 4.79 Å². The molecule has 1 atom stereocenters. The minimum Gasteiger partial charge on any atom is -0.356 e. The summed E-state index contributed by atoms with van der Waals surface area (Å²) in [6, 6.07) is 1.74. The summed E-state index contributed by atoms with van der Waals surface area (Å²) < 4.78 is 50.1. The highest BCUT2D eigenvalue weighted by Gasteiger charge is 2.29. The summed E-state index contributed by atoms with van der Waals surface area (Å²) in [6.07, 6.45) is -2.36. The maximum absolute atomic E-state index is 13.8. The van der Waals surface area contributed by atoms with Gasteiger partial charge in [-0.15, -0.1) is 0 Å². The van der Waals surface area contributed by atoms with Crippen molar-refractivity contribution in [2.75, 3.05) is 11.9 Å². The van der Waals surface area contributed by atoms with E-state index < -0.39 is 30.5 Å². The molecule has 0 aliphatic heterocycles. The largest absolute Gasteiger partial charge is 0.405 e. The highest BCUT2D eigenvalue weighted by Crippen LogP contribution is 2.19. The Labute approximate surface area is 139 Å². The first kappa shape index (κ1) is 18.4. The number of anilines is 1. The summed E-state index contributed by atoms with van der Waals surface area (Å²) in [5.74, 6) is -2.06. The van der Waals surface area contributed by atoms with Crippen LogP contribution in [0.2, 0.25) is 0 Å². The quantitative estimate of drug-likeness (QED) is 0.798. The number of amides is 1. The van der Waals surface area contributed by atoms with Gasteiger partial charge in [0.1, 0.15) is 18.4 Å². The van der Waals surface area contributed by atoms with Crippen molar-refractivity contribution < 1.29 is 22.4 Å². The molecule has 1 amide bonds. The number of rotatable bonds is 5. The zero-order valence-corrected chi connectivity index (χ0v) is 12.9. The van der Waals surface area contributed by atoms with Crippen molar-refractivity contribution in [1.29, 1.82) is 0 Å². The lowest BCUT2D eigenvalue weighted by atomic mass is 10.2. The Morgan fingerprint density at radius 3 is 2.60 bits per heavy atom. The fraction of sp³-hybridized carbons (Fsp3) is 0.286. The first-order valence-electron chi connectivity index (χ1n) is 6.97. The van der Waals surface area contributed by atoms with Gasteiger partial charge in [0.2, 0.25) is 5.91 Å². The smallest absolute Gasteiger partial charge is 0.356 e. The third-order valence-electron chi connectivity index (χ3n) is 2.98. The van der Waals surface area contributed by atoms with Gasteiger partial charge < -0.3 is 10.6 Å². The van der Waals surface area contributed by atoms with Gasteiger partial charge in [0.05, 0.1) is 6.20 Å². The third kappa shape index (κ3) is 5.26. The molecule has 2 aromatic heterocycles. The molecule has 0 saturated carbocycles. The Morgan fingerprint density at radius 2 is 2.00 bits per heavy atom. The maximum atomic E-state index is 13.8. The molecule has 0 bridgehead atoms. The monoisotopic (exact) mass is 357 g/mol. The first-order valence-corrected chi connectivity index (χ1v) is 6.97. The minimum atomic E-state index is -4.54. The van der Waals surface area contributed by atoms with Gasteiger partial charge in [-0.25, -0.2) is 19.3 Å². The molecular weight excluding hydrogens is 344 g/mol. The van der Waals surface area contributed by atoms with Gasteiger partial charge in [0.25, 0.3) is 0 Å². The number of alkyl halides is 3. The van der Waals surface area contributed by atoms with Gasteiger partial charge in [-0.3, -0.25) is 10.5 Å². The van der Waals surface area contributed by atoms with Crippen molar-refractivity contribution in [2.45, 2.75) is 19.1 Å². The molecule has 7 nitrogen and oxygen atoms in total. The lowest BCUT2D eigenvalue weighted by Gasteiger charge is -2.16. The lowest BCUT2D eigenvalue weighted by Crippen LogP contribution is -2.42. The molecule has 1 radical (unpaired) electrons. The first-order chi connectivity index (χ1) is 11.7. The van der Waals surface area contributed by atoms with Gasteiger partial charge in [0, 0.05) is 11.8 Å². The Bertz CT molecular complexity index is 750. The molecule has 2 heterocycles. The van der Waals surface area contributed by atoms with Crippen LogP contribution in [0.25, 0.3) is 11.4 Å². The predicted octanol–water partition coefficient (Wildman–Crippen LogP) is 2.07. The SMILES string of the molecule is C[C@H](Nc1nc(-c2ccc([NH])nc2)ncc1F)C(=O)NCC(F)(F)F. The number of pyridine rings is 1. The van der Waals surface area contributed by atoms with Crippen LogP contribution in [0, 0.1) is 5.82 Å². The van der Waals surface area contributed by atoms with Crippen molar-refractivity contribution in [2.24, 2.45) is 0 Å². The van der Waals surface area contributed by atoms with E-state index >= 15 is 0 Å². The number of nitrogens with one attached hydrogen (secondary N) is 3. The van der Waals surface area contributed by atoms with E-state index in [0.29, 0.717) is 5.56 Å². The summed E-state index contributed by atoms with van der Waals surface area (Å²) in [5, 5.41) is 4.10. The topological polar surface area (TPSA) is 104 Å². The Morgan fingerprint density at radius 1 is 1.28 bits per heavy atom. The number of carbonyl (C=O) groups is 1. The average Bonchev–Trinajstić information content (AvgIpc) is 2.54. The van der Waals surface area contributed by atoms with Crippen LogP contribution >= 0.6 is 0 Å². The zero-order valence-electron chi connectivity index (χ0n) is 12.9. The van der Waals surface area contributed by atoms with E-state index in [1.54, 1.807) is 5.32 Å². The molecule has 25 heavy (non-hydrogen) atoms. The summed E-state index contributed by atoms with van der Waals surface area (Å²) in [4.78, 5) is 23.1. The van der Waals surface area contributed by atoms with Crippen molar-refractivity contribution in [3.8, 4) is 11.4 Å². The highest BCUT2D eigenvalue weighted by atomic mass is 19.4. The Balaban J connectivity index is 2.12. The summed E-state index contributed by atoms with van der Waals surface area (Å²) in [5.41, 5.74) is 7.72. The second-order valence-electron chi connectivity index (χ2n) is 5.02. The van der Waals surface area contributed by atoms with Crippen LogP contribution in [0.4, 0.5) is 29.2 Å². The molecule has 2 aromatic rings. The number of halogens is 4. The van der Waals surface area contributed by atoms with Gasteiger partial charge in [0.15, 0.2) is 17.5 Å². The average molecular weight is 357 g/mol. The van der Waals surface area contributed by atoms with Crippen LogP contribution in [0.1, 0.15) is 6.92 Å². The molecule has 0 aromatic carbocycles. The van der Waals surface area contributed by atoms with Gasteiger partial charge >= 0.3 is 6.18 Å². The fourth-order valence-electron chi connectivity index (χ4n) is 1.74. The van der Waals surface area contributed by atoms with E-state index in [0.717, 1.165) is 6.20 Å². The predicted molar refractivity (Wildman–Crippen MR) is 80.1 cm³/mol. The van der Waals surface area contributed by atoms with Crippen LogP contribution in [0.5, 0.6) is 0 Å². The van der Waals surface area contributed by atoms with Crippen molar-refractivity contribution in [3.05, 3.63) is 30.3 Å². The van der Waals surface area contributed by atoms with Crippen LogP contribution in [-0.4, -0.2) is 39.6 Å². The molecule has 133 valence electrons. The van der Waals surface area contributed by atoms with E-state index in [1.165, 1.54) is 25.3 Å². The fourth-order valence-corrected chi connectivity index (χ4v) is 1.74. The molecule has 0 spiro atoms. The van der Waals surface area contributed by atoms with Crippen molar-refractivity contribution in [1.82, 2.24) is 26.0 Å². The van der Waals surface area contributed by atoms with Gasteiger partial charge in [-0.05, 0) is 19.1 Å². The van der Waals surface area contributed by atoms with E-state index in [1.807, 2.05) is 0 Å². The molecule has 0 saturated heterocycles. The van der Waals surface area contributed by atoms with Crippen LogP contribution in [0.3, 0.4) is 0 Å². The zero-order chi connectivity index (χ0) is 18.6. The number of hydrogen-bond acceptors (Lipinski definition) is 5. The highest BCUT2D eigenvalue weighted by molar-refractivity contribution is 5.84. The van der Waals surface area contributed by atoms with E-state index in [9.17, 15) is 22.4 Å². The summed E-state index contributed by atoms with van der Waals surface area (Å²) in [7, 11) is 0. The second kappa shape index (κ2) is 7.28. The minimum absolute atomic E-state index is 0.0270. The number of hydrogen-bond donors (Lipinski definition) is 2. The van der Waals surface area contributed by atoms with Crippen molar-refractivity contribution >= 4 is 17.5 Å². The molecule has 2 rings (SSSR count). The van der Waals surface area contributed by atoms with Gasteiger partial charge in [-0.2, -0.15) is 13.2 Å². The molecule has 11 heteroatoms. The van der Waals surface area contributed by atoms with Crippen LogP contribution in [0.15, 0.2) is 24.5 Å². The summed E-state index contributed by atoms with van der Waals surface area (Å²) >= 11 is 0. The Hall–Kier alpha value is -2.98. The van der Waals surface area contributed by atoms with Crippen LogP contribution < -0.4 is 16.4 Å². The maximum Gasteiger partial charge on any atom is 0.405 e. The lowest BCUT2D eigenvalue weighted by molar-refractivity contribution is -0.138. The normalized spacial score (nSPS) is 12.5. The third-order valence-corrected chi connectivity index (χ3v) is 2.98. The standard InChI is InChI=1S/C14H13F4N6O/c1-7(13(25)22-6-14(16,17)18)23-12-9(15)5-21-11(24-12)8-2-3-10(19)20-4-8/h2-5,7,19H,6H2,1H3,(H,22,25)(H,21,23,24)/t7-/m0/s1. The number of nitrogens with zero attached hydrogens (tertiary/aromatic N) is 3. The number of carbonyl (C=O) groups excluding carboxylic acids is 1. The van der Waals surface area contributed by atoms with E-state index in [4.69, 9.17) is 5.73 Å².